The molecule has 0 aliphatic carbocycles. The number of amides is 1. The molecule has 3 aliphatic heterocycles. The summed E-state index contributed by atoms with van der Waals surface area (Å²) in [5.74, 6) is 0.663. The van der Waals surface area contributed by atoms with Crippen molar-refractivity contribution in [2.75, 3.05) is 19.7 Å². The van der Waals surface area contributed by atoms with Crippen molar-refractivity contribution in [1.29, 1.82) is 0 Å². The van der Waals surface area contributed by atoms with E-state index in [4.69, 9.17) is 4.74 Å². The largest absolute Gasteiger partial charge is 0.370 e. The molecule has 0 aromatic carbocycles. The Morgan fingerprint density at radius 1 is 1.32 bits per heavy atom. The van der Waals surface area contributed by atoms with Crippen LogP contribution >= 0.6 is 11.3 Å². The van der Waals surface area contributed by atoms with Crippen molar-refractivity contribution in [2.24, 2.45) is 7.05 Å². The fraction of sp³-hybridized carbons (Fsp3) is 0.550. The van der Waals surface area contributed by atoms with E-state index in [1.807, 2.05) is 13.0 Å². The molecule has 1 fully saturated rings. The lowest BCUT2D eigenvalue weighted by Crippen LogP contribution is -2.44. The molecule has 8 heteroatoms. The third-order valence-electron chi connectivity index (χ3n) is 6.30. The Hall–Kier alpha value is -2.03. The average Bonchev–Trinajstić information content (AvgIpc) is 3.32. The molecular weight excluding hydrogens is 376 g/mol. The highest BCUT2D eigenvalue weighted by Crippen LogP contribution is 2.43. The third-order valence-corrected chi connectivity index (χ3v) is 7.48. The molecule has 2 aromatic rings. The summed E-state index contributed by atoms with van der Waals surface area (Å²) in [6.07, 6.45) is 2.75. The molecule has 2 aromatic heterocycles. The first-order valence-corrected chi connectivity index (χ1v) is 10.6. The highest BCUT2D eigenvalue weighted by molar-refractivity contribution is 7.14. The van der Waals surface area contributed by atoms with E-state index in [2.05, 4.69) is 10.3 Å². The van der Waals surface area contributed by atoms with E-state index in [9.17, 15) is 9.59 Å². The molecule has 1 saturated heterocycles. The number of carbonyl (C=O) groups excluding carboxylic acids is 1. The summed E-state index contributed by atoms with van der Waals surface area (Å²) >= 11 is 1.59. The maximum atomic E-state index is 13.2. The van der Waals surface area contributed by atoms with Gasteiger partial charge in [-0.2, -0.15) is 0 Å². The van der Waals surface area contributed by atoms with Crippen LogP contribution in [-0.2, 0) is 36.9 Å². The fourth-order valence-electron chi connectivity index (χ4n) is 4.59. The molecular formula is C20H24N4O3S. The summed E-state index contributed by atoms with van der Waals surface area (Å²) in [6, 6.07) is 2.05. The summed E-state index contributed by atoms with van der Waals surface area (Å²) < 4.78 is 7.78. The van der Waals surface area contributed by atoms with Gasteiger partial charge >= 0.3 is 0 Å². The SMILES string of the molecule is Cc1nc2c(c(=O)n1C)CN(C(=O)c1cc3c(s1)CCOC31CCNCC1)C2. The molecule has 3 aliphatic rings. The number of hydrogen-bond donors (Lipinski definition) is 1. The number of ether oxygens (including phenoxy) is 1. The van der Waals surface area contributed by atoms with E-state index in [-0.39, 0.29) is 17.1 Å². The smallest absolute Gasteiger partial charge is 0.264 e. The number of fused-ring (bicyclic) bond motifs is 3. The van der Waals surface area contributed by atoms with Crippen LogP contribution in [0.25, 0.3) is 0 Å². The fourth-order valence-corrected chi connectivity index (χ4v) is 5.79. The zero-order valence-electron chi connectivity index (χ0n) is 16.2. The van der Waals surface area contributed by atoms with Gasteiger partial charge in [0.25, 0.3) is 11.5 Å². The second kappa shape index (κ2) is 6.50. The number of aromatic nitrogens is 2. The van der Waals surface area contributed by atoms with Crippen LogP contribution in [0.15, 0.2) is 10.9 Å². The maximum Gasteiger partial charge on any atom is 0.264 e. The second-order valence-corrected chi connectivity index (χ2v) is 9.04. The molecule has 1 amide bonds. The van der Waals surface area contributed by atoms with Gasteiger partial charge in [-0.25, -0.2) is 4.98 Å². The number of carbonyl (C=O) groups is 1. The van der Waals surface area contributed by atoms with Gasteiger partial charge < -0.3 is 15.0 Å². The Morgan fingerprint density at radius 3 is 2.89 bits per heavy atom. The number of thiophene rings is 1. The minimum Gasteiger partial charge on any atom is -0.370 e. The summed E-state index contributed by atoms with van der Waals surface area (Å²) in [4.78, 5) is 34.0. The van der Waals surface area contributed by atoms with Gasteiger partial charge in [-0.15, -0.1) is 11.3 Å². The first kappa shape index (κ1) is 18.0. The number of nitrogens with one attached hydrogen (secondary N) is 1. The van der Waals surface area contributed by atoms with Crippen molar-refractivity contribution in [1.82, 2.24) is 19.8 Å². The van der Waals surface area contributed by atoms with Gasteiger partial charge in [-0.1, -0.05) is 0 Å². The van der Waals surface area contributed by atoms with E-state index >= 15 is 0 Å². The zero-order valence-corrected chi connectivity index (χ0v) is 17.0. The van der Waals surface area contributed by atoms with E-state index in [1.54, 1.807) is 27.9 Å². The van der Waals surface area contributed by atoms with Crippen molar-refractivity contribution >= 4 is 17.2 Å². The average molecular weight is 401 g/mol. The minimum atomic E-state index is -0.240. The van der Waals surface area contributed by atoms with Gasteiger partial charge in [0, 0.05) is 18.3 Å². The van der Waals surface area contributed by atoms with Gasteiger partial charge in [-0.05, 0) is 44.5 Å². The molecule has 5 heterocycles. The van der Waals surface area contributed by atoms with Gasteiger partial charge in [0.2, 0.25) is 0 Å². The molecule has 0 bridgehead atoms. The number of aryl methyl sites for hydroxylation is 1. The van der Waals surface area contributed by atoms with E-state index < -0.39 is 0 Å². The molecule has 148 valence electrons. The lowest BCUT2D eigenvalue weighted by molar-refractivity contribution is -0.0792. The molecule has 5 rings (SSSR count). The standard InChI is InChI=1S/C20H24N4O3S/c1-12-22-15-11-24(10-13(15)18(25)23(12)2)19(26)17-9-14-16(28-17)3-8-27-20(14)4-6-21-7-5-20/h9,21H,3-8,10-11H2,1-2H3. The Bertz CT molecular complexity index is 1020. The number of nitrogens with zero attached hydrogens (tertiary/aromatic N) is 3. The maximum absolute atomic E-state index is 13.2. The van der Waals surface area contributed by atoms with Crippen molar-refractivity contribution in [2.45, 2.75) is 44.9 Å². The quantitative estimate of drug-likeness (QED) is 0.784. The molecule has 7 nitrogen and oxygen atoms in total. The number of rotatable bonds is 1. The summed E-state index contributed by atoms with van der Waals surface area (Å²) in [5, 5.41) is 3.40. The van der Waals surface area contributed by atoms with Crippen LogP contribution in [0.3, 0.4) is 0 Å². The van der Waals surface area contributed by atoms with Crippen LogP contribution < -0.4 is 10.9 Å². The monoisotopic (exact) mass is 400 g/mol. The summed E-state index contributed by atoms with van der Waals surface area (Å²) in [7, 11) is 1.72. The molecule has 1 spiro atoms. The molecule has 0 unspecified atom stereocenters. The Morgan fingerprint density at radius 2 is 2.11 bits per heavy atom. The van der Waals surface area contributed by atoms with E-state index in [0.29, 0.717) is 24.5 Å². The molecule has 28 heavy (non-hydrogen) atoms. The van der Waals surface area contributed by atoms with Crippen LogP contribution in [0.5, 0.6) is 0 Å². The van der Waals surface area contributed by atoms with Crippen LogP contribution in [-0.4, -0.2) is 40.1 Å². The second-order valence-electron chi connectivity index (χ2n) is 7.90. The predicted molar refractivity (Wildman–Crippen MR) is 106 cm³/mol. The molecule has 0 atom stereocenters. The van der Waals surface area contributed by atoms with E-state index in [1.165, 1.54) is 10.4 Å². The van der Waals surface area contributed by atoms with Crippen molar-refractivity contribution in [3.63, 3.8) is 0 Å². The number of hydrogen-bond acceptors (Lipinski definition) is 6. The van der Waals surface area contributed by atoms with Gasteiger partial charge in [-0.3, -0.25) is 14.2 Å². The van der Waals surface area contributed by atoms with Gasteiger partial charge in [0.05, 0.1) is 41.4 Å². The van der Waals surface area contributed by atoms with Crippen molar-refractivity contribution in [3.05, 3.63) is 48.8 Å². The molecule has 0 saturated carbocycles. The van der Waals surface area contributed by atoms with Crippen molar-refractivity contribution in [3.8, 4) is 0 Å². The topological polar surface area (TPSA) is 76.5 Å². The van der Waals surface area contributed by atoms with Crippen LogP contribution in [0.1, 0.15) is 50.0 Å². The lowest BCUT2D eigenvalue weighted by atomic mass is 9.83. The molecule has 1 N–H and O–H groups in total. The summed E-state index contributed by atoms with van der Waals surface area (Å²) in [5.41, 5.74) is 2.28. The van der Waals surface area contributed by atoms with Gasteiger partial charge in [0.15, 0.2) is 0 Å². The highest BCUT2D eigenvalue weighted by atomic mass is 32.1. The zero-order chi connectivity index (χ0) is 19.5. The van der Waals surface area contributed by atoms with Crippen molar-refractivity contribution < 1.29 is 9.53 Å². The first-order chi connectivity index (χ1) is 13.5. The van der Waals surface area contributed by atoms with E-state index in [0.717, 1.165) is 49.5 Å². The minimum absolute atomic E-state index is 0.0128. The number of piperidine rings is 1. The van der Waals surface area contributed by atoms with Gasteiger partial charge in [0.1, 0.15) is 5.82 Å². The molecule has 0 radical (unpaired) electrons. The third kappa shape index (κ3) is 2.66. The first-order valence-electron chi connectivity index (χ1n) is 9.81. The van der Waals surface area contributed by atoms with Crippen LogP contribution in [0.2, 0.25) is 0 Å². The predicted octanol–water partition coefficient (Wildman–Crippen LogP) is 1.46. The summed E-state index contributed by atoms with van der Waals surface area (Å²) in [6.45, 7) is 5.15. The lowest BCUT2D eigenvalue weighted by Gasteiger charge is -2.40. The Labute approximate surface area is 167 Å². The van der Waals surface area contributed by atoms with Crippen LogP contribution in [0, 0.1) is 6.92 Å². The highest BCUT2D eigenvalue weighted by Gasteiger charge is 2.41. The normalized spacial score (nSPS) is 20.3. The van der Waals surface area contributed by atoms with Crippen LogP contribution in [0.4, 0.5) is 0 Å². The Kier molecular flexibility index (Phi) is 4.19. The Balaban J connectivity index is 1.45.